The molecule has 0 aliphatic carbocycles. The van der Waals surface area contributed by atoms with E-state index >= 15 is 0 Å². The van der Waals surface area contributed by atoms with E-state index in [2.05, 4.69) is 29.5 Å². The molecule has 5 nitrogen and oxygen atoms in total. The number of carbonyl (C=O) groups is 1. The molecule has 27 heavy (non-hydrogen) atoms. The lowest BCUT2D eigenvalue weighted by Gasteiger charge is -2.09. The monoisotopic (exact) mass is 363 g/mol. The van der Waals surface area contributed by atoms with E-state index in [4.69, 9.17) is 4.42 Å². The quantitative estimate of drug-likeness (QED) is 0.637. The second-order valence-corrected chi connectivity index (χ2v) is 6.92. The van der Waals surface area contributed by atoms with Crippen LogP contribution >= 0.6 is 0 Å². The van der Waals surface area contributed by atoms with Crippen molar-refractivity contribution in [1.82, 2.24) is 10.3 Å². The second-order valence-electron chi connectivity index (χ2n) is 6.92. The Bertz CT molecular complexity index is 881. The Hall–Kier alpha value is -3.08. The average molecular weight is 363 g/mol. The molecule has 0 unspecified atom stereocenters. The van der Waals surface area contributed by atoms with E-state index in [1.165, 1.54) is 11.1 Å². The van der Waals surface area contributed by atoms with Gasteiger partial charge in [-0.1, -0.05) is 43.7 Å². The molecule has 0 saturated heterocycles. The predicted octanol–water partition coefficient (Wildman–Crippen LogP) is 5.14. The molecule has 0 aliphatic heterocycles. The first kappa shape index (κ1) is 18.7. The first-order valence-corrected chi connectivity index (χ1v) is 9.17. The number of urea groups is 1. The molecule has 2 aromatic carbocycles. The molecule has 0 bridgehead atoms. The number of benzene rings is 2. The molecule has 1 heterocycles. The fourth-order valence-electron chi connectivity index (χ4n) is 2.68. The van der Waals surface area contributed by atoms with Crippen LogP contribution in [0.25, 0.3) is 11.5 Å². The predicted molar refractivity (Wildman–Crippen MR) is 108 cm³/mol. The van der Waals surface area contributed by atoms with Crippen LogP contribution in [0.2, 0.25) is 0 Å². The van der Waals surface area contributed by atoms with Crippen molar-refractivity contribution in [2.24, 2.45) is 0 Å². The molecule has 0 saturated carbocycles. The van der Waals surface area contributed by atoms with Crippen molar-refractivity contribution in [2.75, 3.05) is 11.9 Å². The summed E-state index contributed by atoms with van der Waals surface area (Å²) in [6.07, 6.45) is 2.24. The summed E-state index contributed by atoms with van der Waals surface area (Å²) >= 11 is 0. The van der Waals surface area contributed by atoms with Gasteiger partial charge in [-0.2, -0.15) is 0 Å². The number of aromatic nitrogens is 1. The first-order valence-electron chi connectivity index (χ1n) is 9.17. The van der Waals surface area contributed by atoms with Crippen LogP contribution in [-0.2, 0) is 6.42 Å². The molecule has 0 atom stereocenters. The number of nitrogens with one attached hydrogen (secondary N) is 2. The van der Waals surface area contributed by atoms with Gasteiger partial charge < -0.3 is 15.1 Å². The summed E-state index contributed by atoms with van der Waals surface area (Å²) in [7, 11) is 0. The van der Waals surface area contributed by atoms with E-state index in [9.17, 15) is 4.79 Å². The lowest BCUT2D eigenvalue weighted by atomic mass is 10.0. The second kappa shape index (κ2) is 8.54. The zero-order valence-corrected chi connectivity index (χ0v) is 16.0. The number of hydrogen-bond acceptors (Lipinski definition) is 3. The topological polar surface area (TPSA) is 67.2 Å². The summed E-state index contributed by atoms with van der Waals surface area (Å²) in [5, 5.41) is 5.68. The number of hydrogen-bond donors (Lipinski definition) is 2. The zero-order chi connectivity index (χ0) is 19.2. The van der Waals surface area contributed by atoms with Crippen molar-refractivity contribution in [3.63, 3.8) is 0 Å². The van der Waals surface area contributed by atoms with Crippen LogP contribution in [0.1, 0.15) is 36.6 Å². The number of rotatable bonds is 6. The third-order valence-electron chi connectivity index (χ3n) is 4.35. The van der Waals surface area contributed by atoms with E-state index in [1.807, 2.05) is 55.5 Å². The summed E-state index contributed by atoms with van der Waals surface area (Å²) in [6.45, 7) is 6.81. The van der Waals surface area contributed by atoms with E-state index in [0.29, 0.717) is 24.8 Å². The number of anilines is 1. The van der Waals surface area contributed by atoms with Gasteiger partial charge in [-0.25, -0.2) is 9.78 Å². The van der Waals surface area contributed by atoms with Gasteiger partial charge in [-0.3, -0.25) is 0 Å². The van der Waals surface area contributed by atoms with Gasteiger partial charge in [0.05, 0.1) is 5.69 Å². The van der Waals surface area contributed by atoms with Crippen LogP contribution < -0.4 is 10.6 Å². The fraction of sp³-hybridized carbons (Fsp3) is 0.273. The lowest BCUT2D eigenvalue weighted by molar-refractivity contribution is 0.252. The van der Waals surface area contributed by atoms with Gasteiger partial charge in [0.2, 0.25) is 5.89 Å². The van der Waals surface area contributed by atoms with Gasteiger partial charge in [0.1, 0.15) is 6.26 Å². The van der Waals surface area contributed by atoms with Crippen molar-refractivity contribution >= 4 is 11.7 Å². The molecule has 2 amide bonds. The highest BCUT2D eigenvalue weighted by molar-refractivity contribution is 5.89. The van der Waals surface area contributed by atoms with Gasteiger partial charge in [0, 0.05) is 24.2 Å². The Morgan fingerprint density at radius 1 is 1.07 bits per heavy atom. The molecular weight excluding hydrogens is 338 g/mol. The van der Waals surface area contributed by atoms with Crippen molar-refractivity contribution in [3.05, 3.63) is 71.6 Å². The maximum atomic E-state index is 12.0. The molecule has 0 radical (unpaired) electrons. The van der Waals surface area contributed by atoms with Crippen molar-refractivity contribution in [1.29, 1.82) is 0 Å². The van der Waals surface area contributed by atoms with Gasteiger partial charge in [-0.15, -0.1) is 0 Å². The molecule has 140 valence electrons. The van der Waals surface area contributed by atoms with Crippen LogP contribution in [0.15, 0.2) is 59.2 Å². The van der Waals surface area contributed by atoms with Gasteiger partial charge >= 0.3 is 6.03 Å². The first-order chi connectivity index (χ1) is 13.0. The van der Waals surface area contributed by atoms with Crippen LogP contribution in [0.4, 0.5) is 10.5 Å². The zero-order valence-electron chi connectivity index (χ0n) is 16.0. The summed E-state index contributed by atoms with van der Waals surface area (Å²) in [4.78, 5) is 16.5. The van der Waals surface area contributed by atoms with Crippen LogP contribution in [-0.4, -0.2) is 17.6 Å². The van der Waals surface area contributed by atoms with Crippen LogP contribution in [0.3, 0.4) is 0 Å². The Kier molecular flexibility index (Phi) is 5.91. The molecule has 3 rings (SSSR count). The number of oxazole rings is 1. The maximum Gasteiger partial charge on any atom is 0.319 e. The maximum absolute atomic E-state index is 12.0. The summed E-state index contributed by atoms with van der Waals surface area (Å²) < 4.78 is 5.53. The Balaban J connectivity index is 1.47. The Labute approximate surface area is 159 Å². The molecule has 5 heteroatoms. The molecule has 0 fully saturated rings. The molecule has 2 N–H and O–H groups in total. The van der Waals surface area contributed by atoms with E-state index in [1.54, 1.807) is 6.26 Å². The third kappa shape index (κ3) is 5.20. The van der Waals surface area contributed by atoms with Gasteiger partial charge in [-0.05, 0) is 42.7 Å². The standard InChI is InChI=1S/C22H25N3O2/c1-15(2)17-8-10-19(11-9-17)25-22(26)23-13-12-20-14-27-21(24-20)18-6-4-16(3)5-7-18/h4-11,14-15H,12-13H2,1-3H3,(H2,23,25,26). The van der Waals surface area contributed by atoms with E-state index in [-0.39, 0.29) is 6.03 Å². The van der Waals surface area contributed by atoms with Gasteiger partial charge in [0.25, 0.3) is 0 Å². The molecular formula is C22H25N3O2. The smallest absolute Gasteiger partial charge is 0.319 e. The number of carbonyl (C=O) groups excluding carboxylic acids is 1. The molecule has 0 aliphatic rings. The third-order valence-corrected chi connectivity index (χ3v) is 4.35. The van der Waals surface area contributed by atoms with Crippen LogP contribution in [0.5, 0.6) is 0 Å². The molecule has 3 aromatic rings. The summed E-state index contributed by atoms with van der Waals surface area (Å²) in [6, 6.07) is 15.7. The number of nitrogens with zero attached hydrogens (tertiary/aromatic N) is 1. The SMILES string of the molecule is Cc1ccc(-c2nc(CCNC(=O)Nc3ccc(C(C)C)cc3)co2)cc1. The van der Waals surface area contributed by atoms with Gasteiger partial charge in [0.15, 0.2) is 0 Å². The Morgan fingerprint density at radius 2 is 1.78 bits per heavy atom. The van der Waals surface area contributed by atoms with Crippen molar-refractivity contribution in [2.45, 2.75) is 33.1 Å². The normalized spacial score (nSPS) is 10.8. The summed E-state index contributed by atoms with van der Waals surface area (Å²) in [5.41, 5.74) is 4.98. The van der Waals surface area contributed by atoms with Crippen molar-refractivity contribution in [3.8, 4) is 11.5 Å². The minimum absolute atomic E-state index is 0.227. The average Bonchev–Trinajstić information content (AvgIpc) is 3.11. The Morgan fingerprint density at radius 3 is 2.44 bits per heavy atom. The molecule has 1 aromatic heterocycles. The number of aryl methyl sites for hydroxylation is 1. The number of amides is 2. The minimum atomic E-state index is -0.227. The minimum Gasteiger partial charge on any atom is -0.444 e. The van der Waals surface area contributed by atoms with Crippen molar-refractivity contribution < 1.29 is 9.21 Å². The van der Waals surface area contributed by atoms with E-state index < -0.39 is 0 Å². The molecule has 0 spiro atoms. The lowest BCUT2D eigenvalue weighted by Crippen LogP contribution is -2.30. The van der Waals surface area contributed by atoms with E-state index in [0.717, 1.165) is 16.9 Å². The van der Waals surface area contributed by atoms with Crippen LogP contribution in [0, 0.1) is 6.92 Å². The highest BCUT2D eigenvalue weighted by atomic mass is 16.3. The highest BCUT2D eigenvalue weighted by Crippen LogP contribution is 2.19. The summed E-state index contributed by atoms with van der Waals surface area (Å²) in [5.74, 6) is 1.07. The fourth-order valence-corrected chi connectivity index (χ4v) is 2.68. The highest BCUT2D eigenvalue weighted by Gasteiger charge is 2.08. The largest absolute Gasteiger partial charge is 0.444 e.